The molecule has 0 aliphatic heterocycles. The van der Waals surface area contributed by atoms with Crippen LogP contribution in [0.4, 0.5) is 0 Å². The Morgan fingerprint density at radius 3 is 1.50 bits per heavy atom. The van der Waals surface area contributed by atoms with E-state index in [0.29, 0.717) is 23.0 Å². The van der Waals surface area contributed by atoms with Crippen LogP contribution in [0.25, 0.3) is 0 Å². The monoisotopic (exact) mass is 525 g/mol. The number of rotatable bonds is 13. The number of nitrogens with zero attached hydrogens (tertiary/aromatic N) is 1. The molecule has 0 radical (unpaired) electrons. The van der Waals surface area contributed by atoms with Crippen LogP contribution in [-0.2, 0) is 19.1 Å². The second kappa shape index (κ2) is 17.9. The average Bonchev–Trinajstić information content (AvgIpc) is 2.97. The van der Waals surface area contributed by atoms with E-state index in [-0.39, 0.29) is 17.8 Å². The quantitative estimate of drug-likeness (QED) is 0.126. The van der Waals surface area contributed by atoms with Crippen molar-refractivity contribution in [2.45, 2.75) is 66.6 Å². The Balaban J connectivity index is 0.000000382. The van der Waals surface area contributed by atoms with Crippen molar-refractivity contribution in [3.63, 3.8) is 0 Å². The minimum absolute atomic E-state index is 0.0279. The minimum Gasteiger partial charge on any atom is -0.452 e. The number of ether oxygens (including phenoxy) is 2. The topological polar surface area (TPSA) is 91.3 Å². The van der Waals surface area contributed by atoms with Crippen molar-refractivity contribution in [1.29, 1.82) is 0 Å². The third-order valence-electron chi connectivity index (χ3n) is 7.07. The lowest BCUT2D eigenvalue weighted by Crippen LogP contribution is -2.30. The summed E-state index contributed by atoms with van der Waals surface area (Å²) in [5.41, 5.74) is 1.01. The fourth-order valence-electron chi connectivity index (χ4n) is 3.58. The first-order valence-electron chi connectivity index (χ1n) is 13.2. The SMILES string of the molecule is CC[C@H](C)[C@@H](C)[C@H](C=NOC)OC(=O)c1ccccc1.CC[C@H](C)[C@@H](C)[C@H](C=O)OC(=O)c1ccccc1. The molecule has 6 atom stereocenters. The first-order valence-corrected chi connectivity index (χ1v) is 13.2. The lowest BCUT2D eigenvalue weighted by atomic mass is 9.89. The molecule has 7 nitrogen and oxygen atoms in total. The molecule has 0 bridgehead atoms. The number of carbonyl (C=O) groups excluding carboxylic acids is 3. The molecule has 2 rings (SSSR count). The number of esters is 2. The Kier molecular flexibility index (Phi) is 15.3. The molecule has 2 aromatic rings. The van der Waals surface area contributed by atoms with Crippen LogP contribution in [0, 0.1) is 23.7 Å². The van der Waals surface area contributed by atoms with Crippen LogP contribution in [0.5, 0.6) is 0 Å². The summed E-state index contributed by atoms with van der Waals surface area (Å²) in [4.78, 5) is 39.7. The second-order valence-corrected chi connectivity index (χ2v) is 9.53. The van der Waals surface area contributed by atoms with E-state index in [0.717, 1.165) is 19.1 Å². The molecule has 0 fully saturated rings. The van der Waals surface area contributed by atoms with E-state index in [2.05, 4.69) is 39.8 Å². The summed E-state index contributed by atoms with van der Waals surface area (Å²) < 4.78 is 10.8. The molecule has 0 amide bonds. The first-order chi connectivity index (χ1) is 18.2. The summed E-state index contributed by atoms with van der Waals surface area (Å²) in [5, 5.41) is 3.75. The van der Waals surface area contributed by atoms with Crippen molar-refractivity contribution in [3.8, 4) is 0 Å². The van der Waals surface area contributed by atoms with Crippen molar-refractivity contribution in [2.24, 2.45) is 28.8 Å². The standard InChI is InChI=1S/C16H23NO3.C15H20O3/c1-5-12(2)13(3)15(11-17-19-4)20-16(18)14-9-7-6-8-10-14;1-4-11(2)12(3)14(10-16)18-15(17)13-8-6-5-7-9-13/h6-13,15H,5H2,1-4H3;5-12,14H,4H2,1-3H3/t12-,13+,15-;11-,12+,14-/m00/s1. The van der Waals surface area contributed by atoms with Crippen molar-refractivity contribution in [2.75, 3.05) is 7.11 Å². The zero-order valence-electron chi connectivity index (χ0n) is 23.7. The van der Waals surface area contributed by atoms with Crippen LogP contribution in [0.1, 0.15) is 75.1 Å². The third-order valence-corrected chi connectivity index (χ3v) is 7.07. The summed E-state index contributed by atoms with van der Waals surface area (Å²) in [6, 6.07) is 17.7. The molecule has 0 unspecified atom stereocenters. The number of benzene rings is 2. The number of carbonyl (C=O) groups is 3. The van der Waals surface area contributed by atoms with Gasteiger partial charge in [-0.05, 0) is 36.1 Å². The maximum Gasteiger partial charge on any atom is 0.338 e. The molecule has 0 saturated heterocycles. The Bertz CT molecular complexity index is 978. The maximum atomic E-state index is 12.1. The Morgan fingerprint density at radius 2 is 1.13 bits per heavy atom. The molecule has 0 spiro atoms. The molecule has 208 valence electrons. The highest BCUT2D eigenvalue weighted by atomic mass is 16.6. The summed E-state index contributed by atoms with van der Waals surface area (Å²) in [7, 11) is 1.47. The van der Waals surface area contributed by atoms with Gasteiger partial charge in [0.2, 0.25) is 0 Å². The summed E-state index contributed by atoms with van der Waals surface area (Å²) in [6.45, 7) is 12.4. The van der Waals surface area contributed by atoms with Crippen LogP contribution in [0.2, 0.25) is 0 Å². The number of aldehydes is 1. The largest absolute Gasteiger partial charge is 0.452 e. The predicted octanol–water partition coefficient (Wildman–Crippen LogP) is 6.62. The van der Waals surface area contributed by atoms with E-state index in [9.17, 15) is 14.4 Å². The molecule has 0 aliphatic carbocycles. The van der Waals surface area contributed by atoms with Gasteiger partial charge in [-0.1, -0.05) is 95.9 Å². The van der Waals surface area contributed by atoms with E-state index in [1.165, 1.54) is 7.11 Å². The lowest BCUT2D eigenvalue weighted by molar-refractivity contribution is -0.118. The summed E-state index contributed by atoms with van der Waals surface area (Å²) >= 11 is 0. The van der Waals surface area contributed by atoms with Crippen molar-refractivity contribution in [1.82, 2.24) is 0 Å². The first kappa shape index (κ1) is 32.5. The summed E-state index contributed by atoms with van der Waals surface area (Å²) in [5.74, 6) is 0.179. The fraction of sp³-hybridized carbons (Fsp3) is 0.484. The molecular formula is C31H43NO6. The zero-order valence-corrected chi connectivity index (χ0v) is 23.7. The highest BCUT2D eigenvalue weighted by Crippen LogP contribution is 2.22. The summed E-state index contributed by atoms with van der Waals surface area (Å²) in [6.07, 6.45) is 3.18. The fourth-order valence-corrected chi connectivity index (χ4v) is 3.58. The van der Waals surface area contributed by atoms with Crippen LogP contribution >= 0.6 is 0 Å². The Hall–Kier alpha value is -3.48. The number of oxime groups is 1. The Labute approximate surface area is 227 Å². The van der Waals surface area contributed by atoms with Gasteiger partial charge < -0.3 is 14.3 Å². The second-order valence-electron chi connectivity index (χ2n) is 9.53. The van der Waals surface area contributed by atoms with Crippen molar-refractivity contribution in [3.05, 3.63) is 71.8 Å². The van der Waals surface area contributed by atoms with Crippen LogP contribution in [-0.4, -0.2) is 43.8 Å². The minimum atomic E-state index is -0.673. The van der Waals surface area contributed by atoms with Crippen molar-refractivity contribution >= 4 is 24.4 Å². The number of hydrogen-bond donors (Lipinski definition) is 0. The van der Waals surface area contributed by atoms with Crippen molar-refractivity contribution < 1.29 is 28.7 Å². The van der Waals surface area contributed by atoms with Crippen LogP contribution < -0.4 is 0 Å². The highest BCUT2D eigenvalue weighted by Gasteiger charge is 2.26. The number of hydrogen-bond acceptors (Lipinski definition) is 7. The molecule has 0 saturated carbocycles. The van der Waals surface area contributed by atoms with Crippen LogP contribution in [0.15, 0.2) is 65.8 Å². The lowest BCUT2D eigenvalue weighted by Gasteiger charge is -2.25. The van der Waals surface area contributed by atoms with E-state index >= 15 is 0 Å². The van der Waals surface area contributed by atoms with E-state index < -0.39 is 18.2 Å². The van der Waals surface area contributed by atoms with E-state index in [1.807, 2.05) is 31.2 Å². The molecule has 0 heterocycles. The van der Waals surface area contributed by atoms with Gasteiger partial charge in [-0.25, -0.2) is 9.59 Å². The zero-order chi connectivity index (χ0) is 28.5. The Morgan fingerprint density at radius 1 is 0.737 bits per heavy atom. The molecule has 0 aliphatic rings. The van der Waals surface area contributed by atoms with E-state index in [1.54, 1.807) is 42.6 Å². The van der Waals surface area contributed by atoms with Gasteiger partial charge >= 0.3 is 11.9 Å². The average molecular weight is 526 g/mol. The van der Waals surface area contributed by atoms with Gasteiger partial charge in [-0.15, -0.1) is 0 Å². The molecule has 2 aromatic carbocycles. The molecule has 38 heavy (non-hydrogen) atoms. The van der Waals surface area contributed by atoms with E-state index in [4.69, 9.17) is 14.3 Å². The van der Waals surface area contributed by atoms with Gasteiger partial charge in [0, 0.05) is 11.8 Å². The predicted molar refractivity (Wildman–Crippen MR) is 150 cm³/mol. The third kappa shape index (κ3) is 10.9. The maximum absolute atomic E-state index is 12.1. The van der Waals surface area contributed by atoms with Gasteiger partial charge in [-0.3, -0.25) is 4.79 Å². The molecule has 7 heteroatoms. The van der Waals surface area contributed by atoms with Gasteiger partial charge in [0.25, 0.3) is 0 Å². The van der Waals surface area contributed by atoms with Gasteiger partial charge in [0.15, 0.2) is 12.4 Å². The van der Waals surface area contributed by atoms with Crippen LogP contribution in [0.3, 0.4) is 0 Å². The van der Waals surface area contributed by atoms with Gasteiger partial charge in [0.05, 0.1) is 17.3 Å². The molecular weight excluding hydrogens is 482 g/mol. The normalized spacial score (nSPS) is 15.6. The highest BCUT2D eigenvalue weighted by molar-refractivity contribution is 5.91. The van der Waals surface area contributed by atoms with Gasteiger partial charge in [-0.2, -0.15) is 0 Å². The smallest absolute Gasteiger partial charge is 0.338 e. The molecule has 0 N–H and O–H groups in total. The van der Waals surface area contributed by atoms with Gasteiger partial charge in [0.1, 0.15) is 13.2 Å². The molecule has 0 aromatic heterocycles.